The maximum absolute atomic E-state index is 10.3. The maximum Gasteiger partial charge on any atom is 0.119 e. The Kier molecular flexibility index (Phi) is 4.58. The Morgan fingerprint density at radius 1 is 0.875 bits per heavy atom. The van der Waals surface area contributed by atoms with Crippen molar-refractivity contribution in [3.63, 3.8) is 0 Å². The van der Waals surface area contributed by atoms with Gasteiger partial charge in [-0.25, -0.2) is 0 Å². The smallest absolute Gasteiger partial charge is 0.119 e. The van der Waals surface area contributed by atoms with Crippen molar-refractivity contribution in [2.45, 2.75) is 51.4 Å². The summed E-state index contributed by atoms with van der Waals surface area (Å²) in [4.78, 5) is 0. The first-order chi connectivity index (χ1) is 11.4. The van der Waals surface area contributed by atoms with Gasteiger partial charge in [-0.05, 0) is 65.7 Å². The molecule has 0 aromatic heterocycles. The average Bonchev–Trinajstić information content (AvgIpc) is 2.56. The molecular formula is C22H28O2. The molecule has 2 aromatic carbocycles. The van der Waals surface area contributed by atoms with Gasteiger partial charge in [0.1, 0.15) is 11.5 Å². The van der Waals surface area contributed by atoms with Gasteiger partial charge in [-0.15, -0.1) is 0 Å². The number of hydrogen-bond donors (Lipinski definition) is 2. The van der Waals surface area contributed by atoms with Gasteiger partial charge in [0.05, 0.1) is 0 Å². The molecule has 0 aliphatic heterocycles. The molecule has 0 amide bonds. The molecule has 24 heavy (non-hydrogen) atoms. The molecule has 3 rings (SSSR count). The predicted octanol–water partition coefficient (Wildman–Crippen LogP) is 5.60. The Hall–Kier alpha value is -1.96. The Morgan fingerprint density at radius 2 is 1.50 bits per heavy atom. The van der Waals surface area contributed by atoms with E-state index in [0.717, 1.165) is 30.4 Å². The summed E-state index contributed by atoms with van der Waals surface area (Å²) < 4.78 is 0. The lowest BCUT2D eigenvalue weighted by molar-refractivity contribution is 0.173. The molecule has 0 heterocycles. The summed E-state index contributed by atoms with van der Waals surface area (Å²) in [7, 11) is 0. The van der Waals surface area contributed by atoms with Crippen LogP contribution in [0.25, 0.3) is 0 Å². The van der Waals surface area contributed by atoms with E-state index in [9.17, 15) is 10.2 Å². The van der Waals surface area contributed by atoms with Crippen LogP contribution in [0.15, 0.2) is 48.5 Å². The highest BCUT2D eigenvalue weighted by Gasteiger charge is 2.39. The van der Waals surface area contributed by atoms with Gasteiger partial charge in [-0.3, -0.25) is 0 Å². The summed E-state index contributed by atoms with van der Waals surface area (Å²) >= 11 is 0. The van der Waals surface area contributed by atoms with E-state index in [1.807, 2.05) is 30.3 Å². The fraction of sp³-hybridized carbons (Fsp3) is 0.455. The molecule has 1 aliphatic rings. The number of para-hydroxylation sites is 2. The number of hydrogen-bond acceptors (Lipinski definition) is 2. The largest absolute Gasteiger partial charge is 0.508 e. The molecule has 3 atom stereocenters. The summed E-state index contributed by atoms with van der Waals surface area (Å²) in [6.45, 7) is 6.77. The topological polar surface area (TPSA) is 40.5 Å². The monoisotopic (exact) mass is 324 g/mol. The van der Waals surface area contributed by atoms with Crippen LogP contribution in [0.1, 0.15) is 57.1 Å². The Balaban J connectivity index is 1.90. The number of phenols is 2. The van der Waals surface area contributed by atoms with E-state index in [-0.39, 0.29) is 5.41 Å². The average molecular weight is 324 g/mol. The first-order valence-electron chi connectivity index (χ1n) is 8.97. The lowest BCUT2D eigenvalue weighted by Crippen LogP contribution is -2.34. The fourth-order valence-corrected chi connectivity index (χ4v) is 4.45. The summed E-state index contributed by atoms with van der Waals surface area (Å²) in [6, 6.07) is 15.5. The second kappa shape index (κ2) is 6.51. The van der Waals surface area contributed by atoms with E-state index in [2.05, 4.69) is 26.8 Å². The lowest BCUT2D eigenvalue weighted by Gasteiger charge is -2.43. The van der Waals surface area contributed by atoms with Gasteiger partial charge in [0.25, 0.3) is 0 Å². The van der Waals surface area contributed by atoms with Crippen LogP contribution in [-0.2, 0) is 5.41 Å². The zero-order chi connectivity index (χ0) is 17.3. The van der Waals surface area contributed by atoms with Crippen molar-refractivity contribution in [1.29, 1.82) is 0 Å². The Bertz CT molecular complexity index is 705. The van der Waals surface area contributed by atoms with Gasteiger partial charge in [0, 0.05) is 0 Å². The normalized spacial score (nSPS) is 24.7. The van der Waals surface area contributed by atoms with E-state index < -0.39 is 0 Å². The minimum Gasteiger partial charge on any atom is -0.508 e. The highest BCUT2D eigenvalue weighted by Crippen LogP contribution is 2.50. The van der Waals surface area contributed by atoms with E-state index in [1.54, 1.807) is 12.1 Å². The van der Waals surface area contributed by atoms with Crippen LogP contribution in [0, 0.1) is 11.8 Å². The Morgan fingerprint density at radius 3 is 2.17 bits per heavy atom. The molecule has 2 nitrogen and oxygen atoms in total. The van der Waals surface area contributed by atoms with Crippen LogP contribution in [-0.4, -0.2) is 10.2 Å². The molecule has 2 aromatic rings. The third-order valence-corrected chi connectivity index (χ3v) is 6.15. The number of aromatic hydroxyl groups is 2. The Labute approximate surface area is 145 Å². The quantitative estimate of drug-likeness (QED) is 0.772. The van der Waals surface area contributed by atoms with Crippen molar-refractivity contribution in [3.8, 4) is 11.5 Å². The van der Waals surface area contributed by atoms with Gasteiger partial charge < -0.3 is 10.2 Å². The number of rotatable bonds is 3. The number of phenolic OH excluding ortho intramolecular Hbond substituents is 2. The van der Waals surface area contributed by atoms with Gasteiger partial charge in [-0.1, -0.05) is 57.2 Å². The van der Waals surface area contributed by atoms with E-state index in [4.69, 9.17) is 0 Å². The van der Waals surface area contributed by atoms with Gasteiger partial charge in [0.2, 0.25) is 0 Å². The van der Waals surface area contributed by atoms with Crippen LogP contribution < -0.4 is 0 Å². The van der Waals surface area contributed by atoms with Crippen molar-refractivity contribution in [2.75, 3.05) is 0 Å². The molecule has 1 saturated carbocycles. The zero-order valence-electron chi connectivity index (χ0n) is 14.9. The van der Waals surface area contributed by atoms with Crippen LogP contribution in [0.4, 0.5) is 0 Å². The van der Waals surface area contributed by atoms with Crippen molar-refractivity contribution in [3.05, 3.63) is 59.7 Å². The van der Waals surface area contributed by atoms with Crippen LogP contribution >= 0.6 is 0 Å². The minimum absolute atomic E-state index is 0.0892. The van der Waals surface area contributed by atoms with Crippen LogP contribution in [0.5, 0.6) is 11.5 Å². The molecule has 0 spiro atoms. The van der Waals surface area contributed by atoms with E-state index >= 15 is 0 Å². The molecule has 1 fully saturated rings. The summed E-state index contributed by atoms with van der Waals surface area (Å²) in [6.07, 6.45) is 3.35. The standard InChI is InChI=1S/C22H28O2/c1-15-12-13-16(14-18(15)17-8-4-6-10-20(17)23)22(2,3)19-9-5-7-11-21(19)24/h4-11,15-16,18,23-24H,12-14H2,1-3H3. The SMILES string of the molecule is CC1CCC(C(C)(C)c2ccccc2O)CC1c1ccccc1O. The summed E-state index contributed by atoms with van der Waals surface area (Å²) in [5.41, 5.74) is 2.01. The highest BCUT2D eigenvalue weighted by atomic mass is 16.3. The van der Waals surface area contributed by atoms with E-state index in [1.165, 1.54) is 0 Å². The van der Waals surface area contributed by atoms with Crippen molar-refractivity contribution in [1.82, 2.24) is 0 Å². The summed E-state index contributed by atoms with van der Waals surface area (Å²) in [5, 5.41) is 20.6. The second-order valence-corrected chi connectivity index (χ2v) is 7.89. The third kappa shape index (κ3) is 3.02. The van der Waals surface area contributed by atoms with Gasteiger partial charge >= 0.3 is 0 Å². The zero-order valence-corrected chi connectivity index (χ0v) is 14.9. The number of benzene rings is 2. The van der Waals surface area contributed by atoms with Gasteiger partial charge in [-0.2, -0.15) is 0 Å². The van der Waals surface area contributed by atoms with E-state index in [0.29, 0.717) is 29.3 Å². The molecule has 0 radical (unpaired) electrons. The molecular weight excluding hydrogens is 296 g/mol. The molecule has 2 heteroatoms. The maximum atomic E-state index is 10.3. The highest BCUT2D eigenvalue weighted by molar-refractivity contribution is 5.39. The summed E-state index contributed by atoms with van der Waals surface area (Å²) in [5.74, 6) is 2.21. The molecule has 128 valence electrons. The van der Waals surface area contributed by atoms with Crippen LogP contribution in [0.3, 0.4) is 0 Å². The van der Waals surface area contributed by atoms with Crippen molar-refractivity contribution in [2.24, 2.45) is 11.8 Å². The predicted molar refractivity (Wildman–Crippen MR) is 98.5 cm³/mol. The van der Waals surface area contributed by atoms with Crippen molar-refractivity contribution < 1.29 is 10.2 Å². The molecule has 0 bridgehead atoms. The molecule has 0 saturated heterocycles. The lowest BCUT2D eigenvalue weighted by atomic mass is 9.61. The second-order valence-electron chi connectivity index (χ2n) is 7.89. The first kappa shape index (κ1) is 16.9. The van der Waals surface area contributed by atoms with Crippen molar-refractivity contribution >= 4 is 0 Å². The van der Waals surface area contributed by atoms with Crippen LogP contribution in [0.2, 0.25) is 0 Å². The molecule has 2 N–H and O–H groups in total. The fourth-order valence-electron chi connectivity index (χ4n) is 4.45. The first-order valence-corrected chi connectivity index (χ1v) is 8.97. The minimum atomic E-state index is -0.0892. The molecule has 3 unspecified atom stereocenters. The third-order valence-electron chi connectivity index (χ3n) is 6.15. The van der Waals surface area contributed by atoms with Gasteiger partial charge in [0.15, 0.2) is 0 Å². The molecule has 1 aliphatic carbocycles.